The number of hydrogen-bond donors (Lipinski definition) is 1. The Morgan fingerprint density at radius 3 is 2.70 bits per heavy atom. The molecule has 0 saturated heterocycles. The molecule has 7 nitrogen and oxygen atoms in total. The first-order chi connectivity index (χ1) is 15.7. The zero-order chi connectivity index (χ0) is 23.7. The Morgan fingerprint density at radius 1 is 1.15 bits per heavy atom. The largest absolute Gasteiger partial charge is 0.453 e. The van der Waals surface area contributed by atoms with Gasteiger partial charge in [0.25, 0.3) is 5.91 Å². The van der Waals surface area contributed by atoms with E-state index >= 15 is 0 Å². The van der Waals surface area contributed by atoms with Crippen molar-refractivity contribution in [1.82, 2.24) is 14.6 Å². The van der Waals surface area contributed by atoms with Gasteiger partial charge in [0.05, 0.1) is 11.2 Å². The zero-order valence-electron chi connectivity index (χ0n) is 18.4. The predicted molar refractivity (Wildman–Crippen MR) is 119 cm³/mol. The summed E-state index contributed by atoms with van der Waals surface area (Å²) in [5.41, 5.74) is 3.78. The van der Waals surface area contributed by atoms with E-state index in [2.05, 4.69) is 15.4 Å². The number of anilines is 1. The van der Waals surface area contributed by atoms with E-state index in [1.54, 1.807) is 4.52 Å². The average molecular weight is 452 g/mol. The van der Waals surface area contributed by atoms with E-state index in [9.17, 15) is 18.4 Å². The van der Waals surface area contributed by atoms with Gasteiger partial charge in [0, 0.05) is 29.3 Å². The highest BCUT2D eigenvalue weighted by molar-refractivity contribution is 5.95. The number of aryl methyl sites for hydroxylation is 2. The van der Waals surface area contributed by atoms with Crippen LogP contribution in [0.5, 0.6) is 0 Å². The molecule has 2 heterocycles. The summed E-state index contributed by atoms with van der Waals surface area (Å²) in [6.45, 7) is 5.15. The number of nitrogens with zero attached hydrogens (tertiary/aromatic N) is 3. The van der Waals surface area contributed by atoms with Crippen molar-refractivity contribution >= 4 is 34.1 Å². The van der Waals surface area contributed by atoms with Crippen LogP contribution < -0.4 is 5.32 Å². The van der Waals surface area contributed by atoms with Crippen molar-refractivity contribution in [2.24, 2.45) is 0 Å². The third-order valence-electron chi connectivity index (χ3n) is 5.46. The van der Waals surface area contributed by atoms with Crippen LogP contribution in [0.15, 0.2) is 42.5 Å². The van der Waals surface area contributed by atoms with E-state index in [0.717, 1.165) is 51.7 Å². The lowest BCUT2D eigenvalue weighted by Crippen LogP contribution is -2.30. The molecule has 0 aliphatic heterocycles. The summed E-state index contributed by atoms with van der Waals surface area (Å²) in [5.74, 6) is -2.84. The monoisotopic (exact) mass is 452 g/mol. The number of nitrogens with one attached hydrogen (secondary N) is 1. The van der Waals surface area contributed by atoms with Gasteiger partial charge in [-0.2, -0.15) is 5.10 Å². The van der Waals surface area contributed by atoms with Gasteiger partial charge in [-0.3, -0.25) is 9.59 Å². The third-order valence-corrected chi connectivity index (χ3v) is 5.46. The number of aromatic nitrogens is 3. The van der Waals surface area contributed by atoms with Crippen molar-refractivity contribution < 1.29 is 23.1 Å². The average Bonchev–Trinajstić information content (AvgIpc) is 3.15. The second-order valence-corrected chi connectivity index (χ2v) is 7.76. The highest BCUT2D eigenvalue weighted by atomic mass is 19.1. The van der Waals surface area contributed by atoms with Crippen LogP contribution >= 0.6 is 0 Å². The Labute approximate surface area is 188 Å². The Bertz CT molecular complexity index is 1380. The number of carbonyl (C=O) groups is 2. The summed E-state index contributed by atoms with van der Waals surface area (Å²) in [6, 6.07) is 10.4. The van der Waals surface area contributed by atoms with Crippen LogP contribution in [0.1, 0.15) is 30.3 Å². The van der Waals surface area contributed by atoms with Gasteiger partial charge >= 0.3 is 5.97 Å². The normalized spacial score (nSPS) is 12.2. The van der Waals surface area contributed by atoms with E-state index in [1.165, 1.54) is 6.92 Å². The van der Waals surface area contributed by atoms with Crippen LogP contribution in [0.3, 0.4) is 0 Å². The number of halogens is 2. The van der Waals surface area contributed by atoms with Gasteiger partial charge in [0.1, 0.15) is 11.6 Å². The molecule has 4 rings (SSSR count). The van der Waals surface area contributed by atoms with Crippen LogP contribution in [-0.2, 0) is 20.7 Å². The summed E-state index contributed by atoms with van der Waals surface area (Å²) in [4.78, 5) is 29.3. The molecule has 33 heavy (non-hydrogen) atoms. The predicted octanol–water partition coefficient (Wildman–Crippen LogP) is 4.28. The molecule has 1 atom stereocenters. The summed E-state index contributed by atoms with van der Waals surface area (Å²) in [6.07, 6.45) is -0.816. The Kier molecular flexibility index (Phi) is 6.04. The van der Waals surface area contributed by atoms with Gasteiger partial charge in [0.2, 0.25) is 0 Å². The minimum absolute atomic E-state index is 0.0155. The Morgan fingerprint density at radius 2 is 1.91 bits per heavy atom. The maximum Gasteiger partial charge on any atom is 0.306 e. The lowest BCUT2D eigenvalue weighted by molar-refractivity contribution is -0.153. The van der Waals surface area contributed by atoms with Crippen LogP contribution in [0.25, 0.3) is 16.6 Å². The minimum atomic E-state index is -1.18. The number of rotatable bonds is 6. The smallest absolute Gasteiger partial charge is 0.306 e. The lowest BCUT2D eigenvalue weighted by Gasteiger charge is -2.15. The summed E-state index contributed by atoms with van der Waals surface area (Å²) in [7, 11) is 0. The fourth-order valence-electron chi connectivity index (χ4n) is 3.70. The second-order valence-electron chi connectivity index (χ2n) is 7.76. The molecule has 0 saturated carbocycles. The number of amides is 1. The number of esters is 1. The van der Waals surface area contributed by atoms with Crippen molar-refractivity contribution in [3.63, 3.8) is 0 Å². The highest BCUT2D eigenvalue weighted by Crippen LogP contribution is 2.23. The van der Waals surface area contributed by atoms with E-state index in [1.807, 2.05) is 38.1 Å². The number of fused-ring (bicyclic) bond motifs is 3. The topological polar surface area (TPSA) is 85.6 Å². The minimum Gasteiger partial charge on any atom is -0.453 e. The van der Waals surface area contributed by atoms with Gasteiger partial charge in [0.15, 0.2) is 11.8 Å². The molecule has 0 spiro atoms. The van der Waals surface area contributed by atoms with E-state index in [4.69, 9.17) is 4.74 Å². The second kappa shape index (κ2) is 8.93. The lowest BCUT2D eigenvalue weighted by atomic mass is 10.1. The molecule has 1 N–H and O–H groups in total. The fourth-order valence-corrected chi connectivity index (χ4v) is 3.70. The maximum absolute atomic E-state index is 13.7. The molecular weight excluding hydrogens is 430 g/mol. The molecule has 4 aromatic rings. The van der Waals surface area contributed by atoms with Crippen molar-refractivity contribution in [1.29, 1.82) is 0 Å². The molecule has 0 aliphatic rings. The number of ether oxygens (including phenoxy) is 1. The zero-order valence-corrected chi connectivity index (χ0v) is 18.4. The third kappa shape index (κ3) is 4.52. The number of carbonyl (C=O) groups excluding carboxylic acids is 2. The molecule has 0 bridgehead atoms. The van der Waals surface area contributed by atoms with Gasteiger partial charge in [-0.1, -0.05) is 12.1 Å². The van der Waals surface area contributed by atoms with Crippen LogP contribution in [0, 0.1) is 25.5 Å². The first-order valence-electron chi connectivity index (χ1n) is 10.4. The molecule has 2 aromatic heterocycles. The van der Waals surface area contributed by atoms with Crippen LogP contribution in [0.4, 0.5) is 14.5 Å². The summed E-state index contributed by atoms with van der Waals surface area (Å²) >= 11 is 0. The van der Waals surface area contributed by atoms with E-state index in [-0.39, 0.29) is 12.1 Å². The summed E-state index contributed by atoms with van der Waals surface area (Å²) < 4.78 is 33.9. The molecular formula is C24H22F2N4O3. The molecule has 0 fully saturated rings. The van der Waals surface area contributed by atoms with Crippen LogP contribution in [-0.4, -0.2) is 32.6 Å². The molecule has 2 aromatic carbocycles. The van der Waals surface area contributed by atoms with E-state index < -0.39 is 29.6 Å². The maximum atomic E-state index is 13.7. The first kappa shape index (κ1) is 22.3. The van der Waals surface area contributed by atoms with Crippen molar-refractivity contribution in [3.8, 4) is 0 Å². The molecule has 170 valence electrons. The molecule has 1 unspecified atom stereocenters. The van der Waals surface area contributed by atoms with Crippen molar-refractivity contribution in [2.45, 2.75) is 39.7 Å². The molecule has 1 amide bonds. The molecule has 0 aliphatic carbocycles. The Balaban J connectivity index is 1.42. The molecule has 0 radical (unpaired) electrons. The number of hydrogen-bond acceptors (Lipinski definition) is 5. The fraction of sp³-hybridized carbons (Fsp3) is 0.250. The SMILES string of the molecule is Cc1nc2c3ccccc3nn2c(C)c1CCC(=O)OC(C)C(=O)Nc1cc(F)ccc1F. The molecule has 9 heteroatoms. The van der Waals surface area contributed by atoms with Gasteiger partial charge in [-0.25, -0.2) is 18.3 Å². The number of benzene rings is 2. The standard InChI is InChI=1S/C24H22F2N4O3/c1-13-17(14(2)30-23(27-13)18-6-4-5-7-20(18)29-30)9-11-22(31)33-15(3)24(32)28-21-12-16(25)8-10-19(21)26/h4-8,10,12,15H,9,11H2,1-3H3,(H,28,32). The Hall–Kier alpha value is -3.88. The highest BCUT2D eigenvalue weighted by Gasteiger charge is 2.21. The van der Waals surface area contributed by atoms with Crippen molar-refractivity contribution in [2.75, 3.05) is 5.32 Å². The quantitative estimate of drug-likeness (QED) is 0.442. The van der Waals surface area contributed by atoms with Gasteiger partial charge in [-0.05, 0) is 57.0 Å². The van der Waals surface area contributed by atoms with Crippen LogP contribution in [0.2, 0.25) is 0 Å². The van der Waals surface area contributed by atoms with Gasteiger partial charge < -0.3 is 10.1 Å². The van der Waals surface area contributed by atoms with E-state index in [0.29, 0.717) is 6.42 Å². The van der Waals surface area contributed by atoms with Gasteiger partial charge in [-0.15, -0.1) is 0 Å². The first-order valence-corrected chi connectivity index (χ1v) is 10.4. The summed E-state index contributed by atoms with van der Waals surface area (Å²) in [5, 5.41) is 7.77. The van der Waals surface area contributed by atoms with Crippen molar-refractivity contribution in [3.05, 3.63) is 71.1 Å².